The van der Waals surface area contributed by atoms with Crippen molar-refractivity contribution >= 4 is 27.6 Å². The second-order valence-corrected chi connectivity index (χ2v) is 9.19. The van der Waals surface area contributed by atoms with Crippen molar-refractivity contribution in [2.45, 2.75) is 43.6 Å². The number of nitrogens with one attached hydrogen (secondary N) is 1. The van der Waals surface area contributed by atoms with E-state index in [4.69, 9.17) is 4.74 Å². The third kappa shape index (κ3) is 5.46. The molecular weight excluding hydrogens is 404 g/mol. The number of para-hydroxylation sites is 1. The average Bonchev–Trinajstić information content (AvgIpc) is 3.04. The summed E-state index contributed by atoms with van der Waals surface area (Å²) < 4.78 is 32.6. The van der Waals surface area contributed by atoms with Crippen molar-refractivity contribution in [2.24, 2.45) is 0 Å². The van der Waals surface area contributed by atoms with E-state index < -0.39 is 28.0 Å². The van der Waals surface area contributed by atoms with Gasteiger partial charge in [-0.05, 0) is 50.1 Å². The normalized spacial score (nSPS) is 16.3. The predicted molar refractivity (Wildman–Crippen MR) is 114 cm³/mol. The number of esters is 1. The first-order chi connectivity index (χ1) is 14.4. The molecule has 0 spiro atoms. The molecule has 1 heterocycles. The van der Waals surface area contributed by atoms with Crippen molar-refractivity contribution in [1.82, 2.24) is 4.31 Å². The van der Waals surface area contributed by atoms with Crippen molar-refractivity contribution in [3.8, 4) is 0 Å². The molecule has 1 fully saturated rings. The maximum absolute atomic E-state index is 13.0. The summed E-state index contributed by atoms with van der Waals surface area (Å²) in [6.45, 7) is 2.43. The van der Waals surface area contributed by atoms with E-state index in [1.165, 1.54) is 35.5 Å². The quantitative estimate of drug-likeness (QED) is 0.709. The number of hydrogen-bond acceptors (Lipinski definition) is 5. The topological polar surface area (TPSA) is 92.8 Å². The number of nitrogens with zero attached hydrogens (tertiary/aromatic N) is 1. The van der Waals surface area contributed by atoms with Crippen LogP contribution < -0.4 is 5.32 Å². The fourth-order valence-corrected chi connectivity index (χ4v) is 4.83. The molecule has 2 aromatic rings. The first-order valence-corrected chi connectivity index (χ1v) is 11.5. The van der Waals surface area contributed by atoms with Crippen LogP contribution in [0.4, 0.5) is 5.69 Å². The lowest BCUT2D eigenvalue weighted by Crippen LogP contribution is -2.32. The molecule has 2 aromatic carbocycles. The Morgan fingerprint density at radius 3 is 2.30 bits per heavy atom. The smallest absolute Gasteiger partial charge is 0.338 e. The molecule has 30 heavy (non-hydrogen) atoms. The van der Waals surface area contributed by atoms with Crippen LogP contribution in [0.25, 0.3) is 0 Å². The van der Waals surface area contributed by atoms with Crippen LogP contribution >= 0.6 is 0 Å². The highest BCUT2D eigenvalue weighted by Crippen LogP contribution is 2.21. The Kier molecular flexibility index (Phi) is 7.23. The molecule has 1 amide bonds. The Labute approximate surface area is 177 Å². The summed E-state index contributed by atoms with van der Waals surface area (Å²) in [5, 5.41) is 2.66. The fourth-order valence-electron chi connectivity index (χ4n) is 3.26. The summed E-state index contributed by atoms with van der Waals surface area (Å²) in [5.41, 5.74) is 0.682. The SMILES string of the molecule is C[C@H](OC(=O)c1cccc(S(=O)(=O)N2CCCCCC2)c1)C(=O)Nc1ccccc1. The molecule has 0 radical (unpaired) electrons. The van der Waals surface area contributed by atoms with Gasteiger partial charge in [-0.3, -0.25) is 4.79 Å². The zero-order valence-electron chi connectivity index (χ0n) is 16.9. The highest BCUT2D eigenvalue weighted by atomic mass is 32.2. The van der Waals surface area contributed by atoms with Gasteiger partial charge < -0.3 is 10.1 Å². The minimum Gasteiger partial charge on any atom is -0.449 e. The van der Waals surface area contributed by atoms with Crippen molar-refractivity contribution in [2.75, 3.05) is 18.4 Å². The van der Waals surface area contributed by atoms with Gasteiger partial charge in [0.25, 0.3) is 5.91 Å². The minimum absolute atomic E-state index is 0.0558. The molecule has 3 rings (SSSR count). The molecule has 0 aromatic heterocycles. The van der Waals surface area contributed by atoms with Crippen LogP contribution in [0.2, 0.25) is 0 Å². The van der Waals surface area contributed by atoms with Gasteiger partial charge >= 0.3 is 5.97 Å². The number of anilines is 1. The number of benzene rings is 2. The van der Waals surface area contributed by atoms with Crippen LogP contribution in [-0.4, -0.2) is 43.8 Å². The molecule has 0 bridgehead atoms. The van der Waals surface area contributed by atoms with Gasteiger partial charge in [0, 0.05) is 18.8 Å². The standard InChI is InChI=1S/C22H26N2O5S/c1-17(21(25)23-19-11-5-4-6-12-19)29-22(26)18-10-9-13-20(16-18)30(27,28)24-14-7-2-3-8-15-24/h4-6,9-13,16-17H,2-3,7-8,14-15H2,1H3,(H,23,25)/t17-/m0/s1. The van der Waals surface area contributed by atoms with E-state index in [0.717, 1.165) is 25.7 Å². The Hall–Kier alpha value is -2.71. The first kappa shape index (κ1) is 22.0. The van der Waals surface area contributed by atoms with Crippen LogP contribution in [0.15, 0.2) is 59.5 Å². The molecule has 1 aliphatic heterocycles. The third-order valence-corrected chi connectivity index (χ3v) is 6.86. The van der Waals surface area contributed by atoms with Gasteiger partial charge in [0.05, 0.1) is 10.5 Å². The fraction of sp³-hybridized carbons (Fsp3) is 0.364. The van der Waals surface area contributed by atoms with Gasteiger partial charge in [0.15, 0.2) is 6.10 Å². The molecule has 8 heteroatoms. The minimum atomic E-state index is -3.68. The molecule has 160 valence electrons. The summed E-state index contributed by atoms with van der Waals surface area (Å²) in [6, 6.07) is 14.6. The van der Waals surface area contributed by atoms with E-state index in [1.54, 1.807) is 24.3 Å². The molecule has 1 aliphatic rings. The Morgan fingerprint density at radius 2 is 1.63 bits per heavy atom. The zero-order chi connectivity index (χ0) is 21.6. The van der Waals surface area contributed by atoms with E-state index in [2.05, 4.69) is 5.32 Å². The Balaban J connectivity index is 1.68. The van der Waals surface area contributed by atoms with Crippen molar-refractivity contribution < 1.29 is 22.7 Å². The van der Waals surface area contributed by atoms with Gasteiger partial charge in [0.1, 0.15) is 0 Å². The predicted octanol–water partition coefficient (Wildman–Crippen LogP) is 3.44. The van der Waals surface area contributed by atoms with Crippen molar-refractivity contribution in [3.05, 3.63) is 60.2 Å². The highest BCUT2D eigenvalue weighted by molar-refractivity contribution is 7.89. The first-order valence-electron chi connectivity index (χ1n) is 10.0. The molecule has 1 saturated heterocycles. The molecule has 0 aliphatic carbocycles. The van der Waals surface area contributed by atoms with E-state index >= 15 is 0 Å². The van der Waals surface area contributed by atoms with Gasteiger partial charge in [-0.2, -0.15) is 4.31 Å². The number of ether oxygens (including phenoxy) is 1. The lowest BCUT2D eigenvalue weighted by Gasteiger charge is -2.20. The monoisotopic (exact) mass is 430 g/mol. The Morgan fingerprint density at radius 1 is 0.967 bits per heavy atom. The maximum Gasteiger partial charge on any atom is 0.338 e. The largest absolute Gasteiger partial charge is 0.449 e. The maximum atomic E-state index is 13.0. The number of hydrogen-bond donors (Lipinski definition) is 1. The van der Waals surface area contributed by atoms with E-state index in [-0.39, 0.29) is 10.5 Å². The number of rotatable bonds is 6. The van der Waals surface area contributed by atoms with E-state index in [1.807, 2.05) is 6.07 Å². The second kappa shape index (κ2) is 9.86. The van der Waals surface area contributed by atoms with Gasteiger partial charge in [-0.25, -0.2) is 13.2 Å². The molecule has 0 saturated carbocycles. The molecule has 1 N–H and O–H groups in total. The third-order valence-electron chi connectivity index (χ3n) is 4.97. The molecule has 1 atom stereocenters. The second-order valence-electron chi connectivity index (χ2n) is 7.25. The number of amides is 1. The van der Waals surface area contributed by atoms with Crippen LogP contribution in [0.5, 0.6) is 0 Å². The summed E-state index contributed by atoms with van der Waals surface area (Å²) >= 11 is 0. The average molecular weight is 431 g/mol. The van der Waals surface area contributed by atoms with Gasteiger partial charge in [-0.15, -0.1) is 0 Å². The lowest BCUT2D eigenvalue weighted by molar-refractivity contribution is -0.123. The highest BCUT2D eigenvalue weighted by Gasteiger charge is 2.26. The molecular formula is C22H26N2O5S. The van der Waals surface area contributed by atoms with E-state index in [0.29, 0.717) is 18.8 Å². The van der Waals surface area contributed by atoms with Crippen LogP contribution in [-0.2, 0) is 19.6 Å². The number of carbonyl (C=O) groups excluding carboxylic acids is 2. The zero-order valence-corrected chi connectivity index (χ0v) is 17.7. The number of carbonyl (C=O) groups is 2. The van der Waals surface area contributed by atoms with Gasteiger partial charge in [-0.1, -0.05) is 37.1 Å². The van der Waals surface area contributed by atoms with Crippen LogP contribution in [0, 0.1) is 0 Å². The van der Waals surface area contributed by atoms with E-state index in [9.17, 15) is 18.0 Å². The van der Waals surface area contributed by atoms with Crippen LogP contribution in [0.1, 0.15) is 43.0 Å². The summed E-state index contributed by atoms with van der Waals surface area (Å²) in [6.07, 6.45) is 2.65. The summed E-state index contributed by atoms with van der Waals surface area (Å²) in [7, 11) is -3.68. The van der Waals surface area contributed by atoms with Crippen LogP contribution in [0.3, 0.4) is 0 Å². The van der Waals surface area contributed by atoms with Crippen molar-refractivity contribution in [1.29, 1.82) is 0 Å². The molecule has 0 unspecified atom stereocenters. The lowest BCUT2D eigenvalue weighted by atomic mass is 10.2. The number of sulfonamides is 1. The summed E-state index contributed by atoms with van der Waals surface area (Å²) in [5.74, 6) is -1.22. The molecule has 7 nitrogen and oxygen atoms in total. The summed E-state index contributed by atoms with van der Waals surface area (Å²) in [4.78, 5) is 24.8. The van der Waals surface area contributed by atoms with Gasteiger partial charge in [0.2, 0.25) is 10.0 Å². The van der Waals surface area contributed by atoms with Crippen molar-refractivity contribution in [3.63, 3.8) is 0 Å². The Bertz CT molecular complexity index is 984.